The van der Waals surface area contributed by atoms with Crippen LogP contribution in [0.2, 0.25) is 5.02 Å². The number of sulfonamides is 1. The van der Waals surface area contributed by atoms with E-state index in [0.717, 1.165) is 11.1 Å². The van der Waals surface area contributed by atoms with Gasteiger partial charge in [-0.15, -0.1) is 0 Å². The van der Waals surface area contributed by atoms with Gasteiger partial charge in [0.25, 0.3) is 0 Å². The number of hydrogen-bond donors (Lipinski definition) is 2. The predicted molar refractivity (Wildman–Crippen MR) is 178 cm³/mol. The minimum atomic E-state index is -3.71. The molecule has 1 heterocycles. The third-order valence-corrected chi connectivity index (χ3v) is 10.8. The fourth-order valence-electron chi connectivity index (χ4n) is 6.19. The van der Waals surface area contributed by atoms with Gasteiger partial charge >= 0.3 is 0 Å². The summed E-state index contributed by atoms with van der Waals surface area (Å²) in [6.45, 7) is 2.93. The summed E-state index contributed by atoms with van der Waals surface area (Å²) in [5.74, 6) is -1.26. The molecule has 0 saturated carbocycles. The molecular weight excluding hydrogens is 628 g/mol. The maximum absolute atomic E-state index is 15.2. The summed E-state index contributed by atoms with van der Waals surface area (Å²) in [6.07, 6.45) is 1.97. The number of anilines is 1. The van der Waals surface area contributed by atoms with Gasteiger partial charge in [0.1, 0.15) is 11.6 Å². The summed E-state index contributed by atoms with van der Waals surface area (Å²) in [5.41, 5.74) is 2.57. The maximum atomic E-state index is 15.2. The van der Waals surface area contributed by atoms with Crippen LogP contribution in [0.4, 0.5) is 14.5 Å². The van der Waals surface area contributed by atoms with Crippen molar-refractivity contribution in [2.75, 3.05) is 18.4 Å². The standard InChI is InChI=1S/C36H38ClF2N3O3S/c1-25-23-40-24-31(42(25)46(44,45)32-8-3-2-4-9-32)7-5-10-33-34(39)11-6-12-35(33)41-36(43)22-28(27-15-17-29(37)18-16-27)21-26-13-19-30(38)20-14-26/h2-4,6,8-9,11-20,25,28,31,40H,5,7,10,21-24H2,1H3,(H,41,43). The lowest BCUT2D eigenvalue weighted by atomic mass is 9.89. The molecular formula is C36H38ClF2N3O3S. The van der Waals surface area contributed by atoms with Crippen LogP contribution < -0.4 is 10.6 Å². The van der Waals surface area contributed by atoms with E-state index in [4.69, 9.17) is 11.6 Å². The minimum Gasteiger partial charge on any atom is -0.326 e. The third kappa shape index (κ3) is 8.39. The van der Waals surface area contributed by atoms with Gasteiger partial charge in [-0.3, -0.25) is 4.79 Å². The van der Waals surface area contributed by atoms with Crippen molar-refractivity contribution in [3.05, 3.63) is 130 Å². The van der Waals surface area contributed by atoms with Crippen LogP contribution in [-0.4, -0.2) is 43.8 Å². The molecule has 242 valence electrons. The average Bonchev–Trinajstić information content (AvgIpc) is 3.04. The molecule has 1 saturated heterocycles. The first kappa shape index (κ1) is 33.7. The molecule has 0 aliphatic carbocycles. The number of carbonyl (C=O) groups excluding carboxylic acids is 1. The molecule has 0 bridgehead atoms. The Balaban J connectivity index is 1.28. The van der Waals surface area contributed by atoms with E-state index >= 15 is 4.39 Å². The molecule has 3 atom stereocenters. The van der Waals surface area contributed by atoms with Crippen molar-refractivity contribution in [3.63, 3.8) is 0 Å². The first-order valence-corrected chi connectivity index (χ1v) is 17.3. The first-order chi connectivity index (χ1) is 22.1. The van der Waals surface area contributed by atoms with E-state index in [0.29, 0.717) is 55.0 Å². The Labute approximate surface area is 274 Å². The molecule has 5 rings (SSSR count). The van der Waals surface area contributed by atoms with Crippen molar-refractivity contribution in [3.8, 4) is 0 Å². The molecule has 0 spiro atoms. The largest absolute Gasteiger partial charge is 0.326 e. The number of nitrogens with zero attached hydrogens (tertiary/aromatic N) is 1. The SMILES string of the molecule is CC1CNCC(CCCc2c(F)cccc2NC(=O)CC(Cc2ccc(F)cc2)c2ccc(Cl)cc2)N1S(=O)(=O)c1ccccc1. The van der Waals surface area contributed by atoms with Crippen molar-refractivity contribution in [2.24, 2.45) is 0 Å². The molecule has 0 radical (unpaired) electrons. The fourth-order valence-corrected chi connectivity index (χ4v) is 8.18. The number of benzene rings is 4. The number of piperazine rings is 1. The second kappa shape index (κ2) is 15.3. The van der Waals surface area contributed by atoms with Crippen molar-refractivity contribution in [1.82, 2.24) is 9.62 Å². The lowest BCUT2D eigenvalue weighted by Crippen LogP contribution is -2.58. The van der Waals surface area contributed by atoms with E-state index in [1.807, 2.05) is 19.1 Å². The molecule has 2 N–H and O–H groups in total. The van der Waals surface area contributed by atoms with Gasteiger partial charge in [0.2, 0.25) is 15.9 Å². The Bertz CT molecular complexity index is 1720. The number of hydrogen-bond acceptors (Lipinski definition) is 4. The quantitative estimate of drug-likeness (QED) is 0.166. The molecule has 10 heteroatoms. The lowest BCUT2D eigenvalue weighted by Gasteiger charge is -2.40. The van der Waals surface area contributed by atoms with Crippen LogP contribution >= 0.6 is 11.6 Å². The highest BCUT2D eigenvalue weighted by Gasteiger charge is 2.37. The topological polar surface area (TPSA) is 78.5 Å². The Kier molecular flexibility index (Phi) is 11.2. The van der Waals surface area contributed by atoms with Crippen LogP contribution in [-0.2, 0) is 27.7 Å². The highest BCUT2D eigenvalue weighted by Crippen LogP contribution is 2.30. The first-order valence-electron chi connectivity index (χ1n) is 15.5. The summed E-state index contributed by atoms with van der Waals surface area (Å²) < 4.78 is 57.4. The van der Waals surface area contributed by atoms with Crippen LogP contribution in [0.25, 0.3) is 0 Å². The second-order valence-electron chi connectivity index (χ2n) is 11.8. The monoisotopic (exact) mass is 665 g/mol. The third-order valence-electron chi connectivity index (χ3n) is 8.46. The van der Waals surface area contributed by atoms with Crippen LogP contribution in [0.5, 0.6) is 0 Å². The van der Waals surface area contributed by atoms with Crippen LogP contribution in [0, 0.1) is 11.6 Å². The minimum absolute atomic E-state index is 0.118. The fraction of sp³-hybridized carbons (Fsp3) is 0.306. The molecule has 1 aliphatic heterocycles. The number of amides is 1. The van der Waals surface area contributed by atoms with Crippen LogP contribution in [0.3, 0.4) is 0 Å². The number of halogens is 3. The van der Waals surface area contributed by atoms with E-state index in [1.165, 1.54) is 18.2 Å². The molecule has 3 unspecified atom stereocenters. The van der Waals surface area contributed by atoms with E-state index in [2.05, 4.69) is 10.6 Å². The Morgan fingerprint density at radius 1 is 0.957 bits per heavy atom. The number of nitrogens with one attached hydrogen (secondary N) is 2. The number of rotatable bonds is 12. The summed E-state index contributed by atoms with van der Waals surface area (Å²) in [5, 5.41) is 6.83. The average molecular weight is 666 g/mol. The predicted octanol–water partition coefficient (Wildman–Crippen LogP) is 7.35. The van der Waals surface area contributed by atoms with Crippen LogP contribution in [0.1, 0.15) is 48.8 Å². The zero-order chi connectivity index (χ0) is 32.7. The normalized spacial score (nSPS) is 17.8. The molecule has 1 amide bonds. The van der Waals surface area contributed by atoms with Crippen molar-refractivity contribution >= 4 is 33.2 Å². The van der Waals surface area contributed by atoms with E-state index in [9.17, 15) is 17.6 Å². The summed E-state index contributed by atoms with van der Waals surface area (Å²) in [7, 11) is -3.71. The van der Waals surface area contributed by atoms with E-state index < -0.39 is 15.8 Å². The van der Waals surface area contributed by atoms with Gasteiger partial charge in [-0.25, -0.2) is 17.2 Å². The molecule has 1 fully saturated rings. The Morgan fingerprint density at radius 2 is 1.67 bits per heavy atom. The van der Waals surface area contributed by atoms with Crippen molar-refractivity contribution in [2.45, 2.75) is 61.9 Å². The molecule has 4 aromatic carbocycles. The summed E-state index contributed by atoms with van der Waals surface area (Å²) in [6, 6.07) is 26.0. The molecule has 4 aromatic rings. The van der Waals surface area contributed by atoms with Gasteiger partial charge in [0.15, 0.2) is 0 Å². The Hall–Kier alpha value is -3.63. The number of carbonyl (C=O) groups is 1. The van der Waals surface area contributed by atoms with E-state index in [1.54, 1.807) is 71.0 Å². The van der Waals surface area contributed by atoms with Gasteiger partial charge in [0, 0.05) is 47.9 Å². The molecule has 1 aliphatic rings. The van der Waals surface area contributed by atoms with Gasteiger partial charge in [-0.1, -0.05) is 60.1 Å². The highest BCUT2D eigenvalue weighted by molar-refractivity contribution is 7.89. The molecule has 46 heavy (non-hydrogen) atoms. The summed E-state index contributed by atoms with van der Waals surface area (Å²) >= 11 is 6.10. The van der Waals surface area contributed by atoms with Gasteiger partial charge in [-0.2, -0.15) is 4.31 Å². The smallest absolute Gasteiger partial charge is 0.243 e. The second-order valence-corrected chi connectivity index (χ2v) is 14.1. The van der Waals surface area contributed by atoms with Crippen LogP contribution in [0.15, 0.2) is 102 Å². The highest BCUT2D eigenvalue weighted by atomic mass is 35.5. The van der Waals surface area contributed by atoms with Gasteiger partial charge in [0.05, 0.1) is 4.90 Å². The summed E-state index contributed by atoms with van der Waals surface area (Å²) in [4.78, 5) is 13.7. The Morgan fingerprint density at radius 3 is 2.39 bits per heavy atom. The lowest BCUT2D eigenvalue weighted by molar-refractivity contribution is -0.116. The van der Waals surface area contributed by atoms with Gasteiger partial charge < -0.3 is 10.6 Å². The van der Waals surface area contributed by atoms with Gasteiger partial charge in [-0.05, 0) is 98.2 Å². The maximum Gasteiger partial charge on any atom is 0.243 e. The molecule has 0 aromatic heterocycles. The zero-order valence-electron chi connectivity index (χ0n) is 25.6. The van der Waals surface area contributed by atoms with Crippen molar-refractivity contribution < 1.29 is 22.0 Å². The zero-order valence-corrected chi connectivity index (χ0v) is 27.2. The van der Waals surface area contributed by atoms with Crippen molar-refractivity contribution in [1.29, 1.82) is 0 Å². The molecule has 6 nitrogen and oxygen atoms in total. The van der Waals surface area contributed by atoms with E-state index in [-0.39, 0.29) is 41.0 Å².